The SMILES string of the molecule is COc1ccccc1[C@@H]1c2cccn2CCN1C(=O)c1ccc(C)c(C(F)(F)F)c1. The zero-order valence-corrected chi connectivity index (χ0v) is 16.6. The second-order valence-corrected chi connectivity index (χ2v) is 7.30. The Labute approximate surface area is 172 Å². The van der Waals surface area contributed by atoms with Crippen molar-refractivity contribution in [3.8, 4) is 5.75 Å². The third kappa shape index (κ3) is 3.44. The Kier molecular flexibility index (Phi) is 5.05. The number of amides is 1. The molecule has 0 saturated carbocycles. The molecule has 0 N–H and O–H groups in total. The van der Waals surface area contributed by atoms with Crippen LogP contribution in [0.4, 0.5) is 13.2 Å². The summed E-state index contributed by atoms with van der Waals surface area (Å²) in [6, 6.07) is 14.5. The minimum absolute atomic E-state index is 0.0211. The molecule has 156 valence electrons. The molecule has 1 amide bonds. The summed E-state index contributed by atoms with van der Waals surface area (Å²) in [5.74, 6) is 0.179. The number of aryl methyl sites for hydroxylation is 1. The Morgan fingerprint density at radius 2 is 1.83 bits per heavy atom. The first-order chi connectivity index (χ1) is 14.3. The van der Waals surface area contributed by atoms with Crippen LogP contribution in [0.1, 0.15) is 38.8 Å². The molecule has 0 saturated heterocycles. The molecule has 0 radical (unpaired) electrons. The van der Waals surface area contributed by atoms with Gasteiger partial charge in [0.05, 0.1) is 12.7 Å². The van der Waals surface area contributed by atoms with Crippen LogP contribution in [-0.4, -0.2) is 29.0 Å². The number of hydrogen-bond donors (Lipinski definition) is 0. The highest BCUT2D eigenvalue weighted by Gasteiger charge is 2.36. The lowest BCUT2D eigenvalue weighted by atomic mass is 9.97. The zero-order chi connectivity index (χ0) is 21.5. The fourth-order valence-corrected chi connectivity index (χ4v) is 4.05. The van der Waals surface area contributed by atoms with Gasteiger partial charge >= 0.3 is 6.18 Å². The first-order valence-corrected chi connectivity index (χ1v) is 9.58. The van der Waals surface area contributed by atoms with Crippen molar-refractivity contribution < 1.29 is 22.7 Å². The molecule has 0 unspecified atom stereocenters. The van der Waals surface area contributed by atoms with Crippen LogP contribution in [0.3, 0.4) is 0 Å². The number of nitrogens with zero attached hydrogens (tertiary/aromatic N) is 2. The second kappa shape index (κ2) is 7.55. The Morgan fingerprint density at radius 1 is 1.07 bits per heavy atom. The summed E-state index contributed by atoms with van der Waals surface area (Å²) in [7, 11) is 1.56. The molecule has 0 spiro atoms. The van der Waals surface area contributed by atoms with Crippen LogP contribution in [-0.2, 0) is 12.7 Å². The average molecular weight is 414 g/mol. The van der Waals surface area contributed by atoms with Gasteiger partial charge in [-0.1, -0.05) is 24.3 Å². The fraction of sp³-hybridized carbons (Fsp3) is 0.261. The molecule has 4 rings (SSSR count). The molecule has 1 aliphatic rings. The van der Waals surface area contributed by atoms with E-state index in [-0.39, 0.29) is 11.1 Å². The highest BCUT2D eigenvalue weighted by Crippen LogP contribution is 2.39. The molecule has 0 fully saturated rings. The molecule has 2 aromatic carbocycles. The Morgan fingerprint density at radius 3 is 2.57 bits per heavy atom. The molecule has 1 aliphatic heterocycles. The number of aromatic nitrogens is 1. The van der Waals surface area contributed by atoms with Gasteiger partial charge in [0.15, 0.2) is 0 Å². The molecule has 0 bridgehead atoms. The second-order valence-electron chi connectivity index (χ2n) is 7.30. The number of carbonyl (C=O) groups excluding carboxylic acids is 1. The van der Waals surface area contributed by atoms with Crippen LogP contribution >= 0.6 is 0 Å². The first-order valence-electron chi connectivity index (χ1n) is 9.58. The van der Waals surface area contributed by atoms with Crippen molar-refractivity contribution in [1.82, 2.24) is 9.47 Å². The van der Waals surface area contributed by atoms with E-state index in [1.54, 1.807) is 12.0 Å². The lowest BCUT2D eigenvalue weighted by Gasteiger charge is -2.38. The summed E-state index contributed by atoms with van der Waals surface area (Å²) in [6.07, 6.45) is -2.58. The van der Waals surface area contributed by atoms with Gasteiger partial charge in [0, 0.05) is 36.1 Å². The van der Waals surface area contributed by atoms with Crippen molar-refractivity contribution in [2.75, 3.05) is 13.7 Å². The van der Waals surface area contributed by atoms with E-state index in [1.807, 2.05) is 42.6 Å². The van der Waals surface area contributed by atoms with Gasteiger partial charge in [-0.15, -0.1) is 0 Å². The van der Waals surface area contributed by atoms with Crippen molar-refractivity contribution in [3.63, 3.8) is 0 Å². The molecule has 4 nitrogen and oxygen atoms in total. The number of rotatable bonds is 3. The van der Waals surface area contributed by atoms with E-state index in [4.69, 9.17) is 4.74 Å². The third-order valence-electron chi connectivity index (χ3n) is 5.52. The number of benzene rings is 2. The Bertz CT molecular complexity index is 1090. The van der Waals surface area contributed by atoms with Gasteiger partial charge in [0.1, 0.15) is 11.8 Å². The summed E-state index contributed by atoms with van der Waals surface area (Å²) < 4.78 is 47.7. The fourth-order valence-electron chi connectivity index (χ4n) is 4.05. The topological polar surface area (TPSA) is 34.5 Å². The maximum atomic E-state index is 13.4. The van der Waals surface area contributed by atoms with Gasteiger partial charge in [-0.2, -0.15) is 13.2 Å². The smallest absolute Gasteiger partial charge is 0.416 e. The maximum Gasteiger partial charge on any atom is 0.416 e. The van der Waals surface area contributed by atoms with Crippen molar-refractivity contribution in [2.24, 2.45) is 0 Å². The third-order valence-corrected chi connectivity index (χ3v) is 5.52. The summed E-state index contributed by atoms with van der Waals surface area (Å²) >= 11 is 0. The molecule has 7 heteroatoms. The van der Waals surface area contributed by atoms with E-state index >= 15 is 0 Å². The number of ether oxygens (including phenoxy) is 1. The van der Waals surface area contributed by atoms with Gasteiger partial charge in [-0.25, -0.2) is 0 Å². The van der Waals surface area contributed by atoms with E-state index < -0.39 is 23.7 Å². The number of fused-ring (bicyclic) bond motifs is 1. The van der Waals surface area contributed by atoms with Crippen molar-refractivity contribution in [1.29, 1.82) is 0 Å². The van der Waals surface area contributed by atoms with Crippen LogP contribution in [0.5, 0.6) is 5.75 Å². The standard InChI is InChI=1S/C23H21F3N2O2/c1-15-9-10-16(14-18(15)23(24,25)26)22(29)28-13-12-27-11-5-7-19(27)21(28)17-6-3-4-8-20(17)30-2/h3-11,14,21H,12-13H2,1-2H3/t21-/m1/s1. The number of para-hydroxylation sites is 1. The summed E-state index contributed by atoms with van der Waals surface area (Å²) in [5.41, 5.74) is 1.00. The molecule has 3 aromatic rings. The van der Waals surface area contributed by atoms with E-state index in [2.05, 4.69) is 4.57 Å². The van der Waals surface area contributed by atoms with E-state index in [0.29, 0.717) is 18.8 Å². The van der Waals surface area contributed by atoms with Gasteiger partial charge in [-0.05, 0) is 42.8 Å². The number of methoxy groups -OCH3 is 1. The maximum absolute atomic E-state index is 13.4. The van der Waals surface area contributed by atoms with Crippen LogP contribution in [0.15, 0.2) is 60.8 Å². The quantitative estimate of drug-likeness (QED) is 0.600. The Balaban J connectivity index is 1.80. The lowest BCUT2D eigenvalue weighted by molar-refractivity contribution is -0.138. The van der Waals surface area contributed by atoms with Crippen molar-refractivity contribution in [3.05, 3.63) is 88.7 Å². The number of carbonyl (C=O) groups is 1. The van der Waals surface area contributed by atoms with Crippen LogP contribution in [0, 0.1) is 6.92 Å². The van der Waals surface area contributed by atoms with E-state index in [9.17, 15) is 18.0 Å². The summed E-state index contributed by atoms with van der Waals surface area (Å²) in [4.78, 5) is 15.0. The van der Waals surface area contributed by atoms with Crippen LogP contribution < -0.4 is 4.74 Å². The minimum Gasteiger partial charge on any atom is -0.496 e. The lowest BCUT2D eigenvalue weighted by Crippen LogP contribution is -2.42. The highest BCUT2D eigenvalue weighted by molar-refractivity contribution is 5.95. The van der Waals surface area contributed by atoms with Crippen LogP contribution in [0.25, 0.3) is 0 Å². The predicted molar refractivity (Wildman–Crippen MR) is 106 cm³/mol. The molecule has 2 heterocycles. The van der Waals surface area contributed by atoms with Crippen LogP contribution in [0.2, 0.25) is 0 Å². The molecule has 0 aliphatic carbocycles. The number of alkyl halides is 3. The predicted octanol–water partition coefficient (Wildman–Crippen LogP) is 5.07. The summed E-state index contributed by atoms with van der Waals surface area (Å²) in [6.45, 7) is 2.33. The van der Waals surface area contributed by atoms with Gasteiger partial charge < -0.3 is 14.2 Å². The largest absolute Gasteiger partial charge is 0.496 e. The Hall–Kier alpha value is -3.22. The van der Waals surface area contributed by atoms with E-state index in [1.165, 1.54) is 19.1 Å². The molecular weight excluding hydrogens is 393 g/mol. The highest BCUT2D eigenvalue weighted by atomic mass is 19.4. The minimum atomic E-state index is -4.51. The first kappa shape index (κ1) is 20.1. The van der Waals surface area contributed by atoms with Crippen molar-refractivity contribution >= 4 is 5.91 Å². The van der Waals surface area contributed by atoms with Gasteiger partial charge in [-0.3, -0.25) is 4.79 Å². The number of hydrogen-bond acceptors (Lipinski definition) is 2. The van der Waals surface area contributed by atoms with Gasteiger partial charge in [0.25, 0.3) is 5.91 Å². The molecule has 1 aromatic heterocycles. The summed E-state index contributed by atoms with van der Waals surface area (Å²) in [5, 5.41) is 0. The molecule has 30 heavy (non-hydrogen) atoms. The zero-order valence-electron chi connectivity index (χ0n) is 16.6. The molecule has 1 atom stereocenters. The van der Waals surface area contributed by atoms with Gasteiger partial charge in [0.2, 0.25) is 0 Å². The van der Waals surface area contributed by atoms with E-state index in [0.717, 1.165) is 17.3 Å². The average Bonchev–Trinajstić information content (AvgIpc) is 3.21. The monoisotopic (exact) mass is 414 g/mol. The van der Waals surface area contributed by atoms with Crippen molar-refractivity contribution in [2.45, 2.75) is 25.7 Å². The molecular formula is C23H21F3N2O2. The normalized spacial score (nSPS) is 16.3. The number of halogens is 3.